The molecule has 0 saturated carbocycles. The lowest BCUT2D eigenvalue weighted by molar-refractivity contribution is -0.132. The molecule has 5 aromatic rings. The van der Waals surface area contributed by atoms with Crippen LogP contribution in [-0.4, -0.2) is 11.1 Å². The van der Waals surface area contributed by atoms with Crippen LogP contribution in [0.1, 0.15) is 5.56 Å². The van der Waals surface area contributed by atoms with Gasteiger partial charge >= 0.3 is 5.97 Å². The first-order valence-corrected chi connectivity index (χ1v) is 10.6. The van der Waals surface area contributed by atoms with Gasteiger partial charge in [-0.05, 0) is 55.4 Å². The van der Waals surface area contributed by atoms with Gasteiger partial charge in [0.1, 0.15) is 11.6 Å². The Labute approximate surface area is 191 Å². The van der Waals surface area contributed by atoms with Gasteiger partial charge in [-0.1, -0.05) is 103 Å². The Morgan fingerprint density at radius 2 is 1.06 bits per heavy atom. The molecule has 0 radical (unpaired) electrons. The van der Waals surface area contributed by atoms with Crippen molar-refractivity contribution in [1.82, 2.24) is 0 Å². The zero-order chi connectivity index (χ0) is 22.8. The number of hydrogen-bond acceptors (Lipinski definition) is 2. The van der Waals surface area contributed by atoms with Crippen LogP contribution in [-0.2, 0) is 4.79 Å². The second kappa shape index (κ2) is 8.45. The number of nitriles is 1. The number of carbonyl (C=O) groups is 1. The van der Waals surface area contributed by atoms with E-state index in [1.165, 1.54) is 28.0 Å². The van der Waals surface area contributed by atoms with Crippen molar-refractivity contribution in [3.63, 3.8) is 0 Å². The van der Waals surface area contributed by atoms with Crippen molar-refractivity contribution in [1.29, 1.82) is 5.26 Å². The van der Waals surface area contributed by atoms with Crippen molar-refractivity contribution >= 4 is 33.6 Å². The molecule has 5 aromatic carbocycles. The van der Waals surface area contributed by atoms with E-state index in [9.17, 15) is 4.79 Å². The molecule has 3 nitrogen and oxygen atoms in total. The molecule has 0 bridgehead atoms. The van der Waals surface area contributed by atoms with E-state index in [1.54, 1.807) is 6.07 Å². The molecule has 0 aliphatic carbocycles. The van der Waals surface area contributed by atoms with Crippen LogP contribution in [0.3, 0.4) is 0 Å². The van der Waals surface area contributed by atoms with Gasteiger partial charge in [0.15, 0.2) is 0 Å². The molecule has 0 saturated heterocycles. The third-order valence-corrected chi connectivity index (χ3v) is 5.86. The average Bonchev–Trinajstić information content (AvgIpc) is 2.86. The van der Waals surface area contributed by atoms with Gasteiger partial charge in [-0.2, -0.15) is 5.26 Å². The second-order valence-corrected chi connectivity index (χ2v) is 7.80. The molecule has 0 spiro atoms. The first-order chi connectivity index (χ1) is 16.2. The van der Waals surface area contributed by atoms with E-state index < -0.39 is 5.97 Å². The molecule has 0 aliphatic heterocycles. The Morgan fingerprint density at radius 3 is 1.48 bits per heavy atom. The van der Waals surface area contributed by atoms with Crippen LogP contribution >= 0.6 is 0 Å². The third kappa shape index (κ3) is 3.64. The average molecular weight is 425 g/mol. The Hall–Kier alpha value is -4.68. The Balaban J connectivity index is 1.78. The smallest absolute Gasteiger partial charge is 0.346 e. The van der Waals surface area contributed by atoms with Gasteiger partial charge in [-0.3, -0.25) is 0 Å². The highest BCUT2D eigenvalue weighted by Gasteiger charge is 2.16. The van der Waals surface area contributed by atoms with E-state index in [-0.39, 0.29) is 5.57 Å². The molecule has 0 amide bonds. The molecule has 33 heavy (non-hydrogen) atoms. The summed E-state index contributed by atoms with van der Waals surface area (Å²) < 4.78 is 0. The summed E-state index contributed by atoms with van der Waals surface area (Å²) in [5.74, 6) is -1.23. The van der Waals surface area contributed by atoms with Crippen LogP contribution in [0.25, 0.3) is 49.9 Å². The van der Waals surface area contributed by atoms with Crippen LogP contribution in [0.2, 0.25) is 0 Å². The Kier molecular flexibility index (Phi) is 5.18. The number of aliphatic carboxylic acids is 1. The maximum absolute atomic E-state index is 11.2. The van der Waals surface area contributed by atoms with Gasteiger partial charge in [0, 0.05) is 0 Å². The first-order valence-electron chi connectivity index (χ1n) is 10.6. The molecule has 0 heterocycles. The van der Waals surface area contributed by atoms with E-state index in [2.05, 4.69) is 72.8 Å². The van der Waals surface area contributed by atoms with E-state index in [1.807, 2.05) is 30.3 Å². The molecule has 1 N–H and O–H groups in total. The van der Waals surface area contributed by atoms with Crippen LogP contribution in [0.5, 0.6) is 0 Å². The van der Waals surface area contributed by atoms with Gasteiger partial charge in [0.2, 0.25) is 0 Å². The normalized spacial score (nSPS) is 11.4. The number of fused-ring (bicyclic) bond motifs is 2. The van der Waals surface area contributed by atoms with Crippen molar-refractivity contribution in [3.05, 3.63) is 114 Å². The van der Waals surface area contributed by atoms with Gasteiger partial charge in [-0.15, -0.1) is 0 Å². The highest BCUT2D eigenvalue weighted by Crippen LogP contribution is 2.43. The number of benzene rings is 5. The molecule has 3 heteroatoms. The van der Waals surface area contributed by atoms with Crippen molar-refractivity contribution in [3.8, 4) is 28.3 Å². The van der Waals surface area contributed by atoms with Gasteiger partial charge in [-0.25, -0.2) is 4.79 Å². The van der Waals surface area contributed by atoms with Crippen LogP contribution in [0.4, 0.5) is 0 Å². The van der Waals surface area contributed by atoms with E-state index >= 15 is 0 Å². The molecule has 0 unspecified atom stereocenters. The largest absolute Gasteiger partial charge is 0.477 e. The van der Waals surface area contributed by atoms with Crippen molar-refractivity contribution in [2.45, 2.75) is 0 Å². The fraction of sp³-hybridized carbons (Fsp3) is 0. The molecule has 0 fully saturated rings. The molecule has 0 aliphatic rings. The van der Waals surface area contributed by atoms with Crippen LogP contribution in [0.15, 0.2) is 109 Å². The van der Waals surface area contributed by atoms with E-state index in [0.717, 1.165) is 21.9 Å². The fourth-order valence-corrected chi connectivity index (χ4v) is 4.41. The van der Waals surface area contributed by atoms with Crippen molar-refractivity contribution in [2.75, 3.05) is 0 Å². The second-order valence-electron chi connectivity index (χ2n) is 7.80. The summed E-state index contributed by atoms with van der Waals surface area (Å²) in [5, 5.41) is 22.8. The molecule has 156 valence electrons. The molecule has 0 atom stereocenters. The number of rotatable bonds is 4. The lowest BCUT2D eigenvalue weighted by atomic mass is 9.86. The number of nitrogens with zero attached hydrogens (tertiary/aromatic N) is 1. The summed E-state index contributed by atoms with van der Waals surface area (Å²) in [7, 11) is 0. The predicted octanol–water partition coefficient (Wildman–Crippen LogP) is 7.32. The summed E-state index contributed by atoms with van der Waals surface area (Å²) in [6.07, 6.45) is 1.39. The maximum atomic E-state index is 11.2. The Bertz CT molecular complexity index is 1520. The topological polar surface area (TPSA) is 61.1 Å². The maximum Gasteiger partial charge on any atom is 0.346 e. The molecular formula is C30H19NO2. The fourth-order valence-electron chi connectivity index (χ4n) is 4.41. The summed E-state index contributed by atoms with van der Waals surface area (Å²) in [6, 6.07) is 36.7. The van der Waals surface area contributed by atoms with E-state index in [0.29, 0.717) is 5.56 Å². The van der Waals surface area contributed by atoms with E-state index in [4.69, 9.17) is 10.4 Å². The summed E-state index contributed by atoms with van der Waals surface area (Å²) in [6.45, 7) is 0. The SMILES string of the molecule is N#C/C(=C\c1ccc(-c2c3ccccc3c(-c3ccccc3)c3ccccc23)cc1)C(=O)O. The number of carboxylic acid groups (broad SMARTS) is 1. The van der Waals surface area contributed by atoms with Gasteiger partial charge in [0.05, 0.1) is 0 Å². The summed E-state index contributed by atoms with van der Waals surface area (Å²) in [4.78, 5) is 11.2. The highest BCUT2D eigenvalue weighted by molar-refractivity contribution is 6.21. The lowest BCUT2D eigenvalue weighted by Crippen LogP contribution is -1.97. The monoisotopic (exact) mass is 425 g/mol. The zero-order valence-electron chi connectivity index (χ0n) is 17.7. The first kappa shape index (κ1) is 20.2. The predicted molar refractivity (Wildman–Crippen MR) is 134 cm³/mol. The molecular weight excluding hydrogens is 406 g/mol. The molecule has 5 rings (SSSR count). The minimum absolute atomic E-state index is 0.286. The number of carboxylic acids is 1. The van der Waals surface area contributed by atoms with Crippen molar-refractivity contribution in [2.24, 2.45) is 0 Å². The van der Waals surface area contributed by atoms with Crippen molar-refractivity contribution < 1.29 is 9.90 Å². The van der Waals surface area contributed by atoms with Gasteiger partial charge in [0.25, 0.3) is 0 Å². The summed E-state index contributed by atoms with van der Waals surface area (Å²) >= 11 is 0. The lowest BCUT2D eigenvalue weighted by Gasteiger charge is -2.17. The third-order valence-electron chi connectivity index (χ3n) is 5.86. The quantitative estimate of drug-likeness (QED) is 0.186. The summed E-state index contributed by atoms with van der Waals surface area (Å²) in [5.41, 5.74) is 4.95. The van der Waals surface area contributed by atoms with Gasteiger partial charge < -0.3 is 5.11 Å². The molecule has 0 aromatic heterocycles. The number of hydrogen-bond donors (Lipinski definition) is 1. The van der Waals surface area contributed by atoms with Crippen LogP contribution < -0.4 is 0 Å². The van der Waals surface area contributed by atoms with Crippen LogP contribution in [0, 0.1) is 11.3 Å². The standard InChI is InChI=1S/C30H19NO2/c31-19-23(30(32)33)18-20-14-16-22(17-15-20)29-26-12-6-4-10-24(26)28(21-8-2-1-3-9-21)25-11-5-7-13-27(25)29/h1-18H,(H,32,33)/b23-18+. The highest BCUT2D eigenvalue weighted by atomic mass is 16.4. The zero-order valence-corrected chi connectivity index (χ0v) is 17.7. The Morgan fingerprint density at radius 1 is 0.636 bits per heavy atom. The minimum atomic E-state index is -1.23. The minimum Gasteiger partial charge on any atom is -0.477 e.